The third kappa shape index (κ3) is 2.67. The molecule has 1 unspecified atom stereocenters. The Kier molecular flexibility index (Phi) is 4.08. The average molecular weight is 500 g/mol. The molecule has 4 nitrogen and oxygen atoms in total. The summed E-state index contributed by atoms with van der Waals surface area (Å²) in [5, 5.41) is 5.11. The Morgan fingerprint density at radius 1 is 0.667 bits per heavy atom. The van der Waals surface area contributed by atoms with Crippen LogP contribution in [-0.4, -0.2) is 19.8 Å². The highest BCUT2D eigenvalue weighted by molar-refractivity contribution is 6.28. The number of allylic oxidation sites excluding steroid dienone is 4. The summed E-state index contributed by atoms with van der Waals surface area (Å²) in [6, 6.07) is 35.1. The van der Waals surface area contributed by atoms with Crippen LogP contribution in [0.25, 0.3) is 49.3 Å². The molecule has 0 saturated carbocycles. The molecule has 9 rings (SSSR count). The summed E-state index contributed by atoms with van der Waals surface area (Å²) < 4.78 is 7.36. The van der Waals surface area contributed by atoms with E-state index in [1.165, 1.54) is 60.7 Å². The molecule has 7 aromatic rings. The molecule has 0 radical (unpaired) electrons. The molecular weight excluding hydrogens is 476 g/mol. The van der Waals surface area contributed by atoms with Crippen molar-refractivity contribution >= 4 is 60.7 Å². The molecule has 0 saturated heterocycles. The minimum atomic E-state index is 0.0807. The maximum Gasteiger partial charge on any atom is 0.236 e. The highest BCUT2D eigenvalue weighted by Gasteiger charge is 2.38. The summed E-state index contributed by atoms with van der Waals surface area (Å²) in [6.45, 7) is 0. The highest BCUT2D eigenvalue weighted by atomic mass is 15.2. The smallest absolute Gasteiger partial charge is 0.236 e. The number of benzene rings is 4. The van der Waals surface area contributed by atoms with Crippen molar-refractivity contribution in [1.29, 1.82) is 0 Å². The second-order valence-corrected chi connectivity index (χ2v) is 10.2. The quantitative estimate of drug-likeness (QED) is 0.220. The molecule has 0 spiro atoms. The van der Waals surface area contributed by atoms with E-state index >= 15 is 0 Å². The first-order chi connectivity index (χ1) is 19.4. The molecule has 2 aliphatic rings. The lowest BCUT2D eigenvalue weighted by atomic mass is 10.0. The Bertz CT molecular complexity index is 2210. The molecule has 1 aliphatic carbocycles. The van der Waals surface area contributed by atoms with Crippen molar-refractivity contribution in [2.75, 3.05) is 0 Å². The number of hydrogen-bond donors (Lipinski definition) is 0. The molecule has 0 fully saturated rings. The van der Waals surface area contributed by atoms with Crippen molar-refractivity contribution < 1.29 is 0 Å². The zero-order valence-electron chi connectivity index (χ0n) is 21.1. The summed E-state index contributed by atoms with van der Waals surface area (Å²) in [6.07, 6.45) is 12.6. The van der Waals surface area contributed by atoms with Gasteiger partial charge >= 0.3 is 0 Å². The van der Waals surface area contributed by atoms with E-state index in [4.69, 9.17) is 0 Å². The highest BCUT2D eigenvalue weighted by Crippen LogP contribution is 2.47. The standard InChI is InChI=1S/C35H23N4/c1-2-10-23(11-3-1)38-28-15-5-4-13-25(28)26-19-20-31-33(35(26)38)27-14-8-18-32-34(27)39(31)30-17-7-6-16-29(30)37(32)24-12-9-21-36-22-24/h1-22,30H/q+1. The van der Waals surface area contributed by atoms with Crippen LogP contribution in [0.15, 0.2) is 134 Å². The van der Waals surface area contributed by atoms with Crippen molar-refractivity contribution in [2.24, 2.45) is 0 Å². The minimum Gasteiger partial charge on any atom is -0.318 e. The molecule has 39 heavy (non-hydrogen) atoms. The van der Waals surface area contributed by atoms with E-state index in [1.807, 2.05) is 18.5 Å². The van der Waals surface area contributed by atoms with Crippen LogP contribution in [0.3, 0.4) is 0 Å². The van der Waals surface area contributed by atoms with E-state index < -0.39 is 0 Å². The number of hydrogen-bond acceptors (Lipinski definition) is 1. The second-order valence-electron chi connectivity index (χ2n) is 10.2. The molecule has 4 aromatic carbocycles. The van der Waals surface area contributed by atoms with Gasteiger partial charge in [-0.05, 0) is 30.3 Å². The van der Waals surface area contributed by atoms with Crippen LogP contribution in [0.5, 0.6) is 0 Å². The summed E-state index contributed by atoms with van der Waals surface area (Å²) in [4.78, 5) is 4.46. The van der Waals surface area contributed by atoms with Gasteiger partial charge in [-0.15, -0.1) is 0 Å². The van der Waals surface area contributed by atoms with Crippen LogP contribution in [0.4, 0.5) is 11.4 Å². The largest absolute Gasteiger partial charge is 0.318 e. The van der Waals surface area contributed by atoms with Crippen LogP contribution >= 0.6 is 0 Å². The number of pyridine rings is 1. The molecule has 3 aromatic heterocycles. The summed E-state index contributed by atoms with van der Waals surface area (Å²) in [5.74, 6) is 0. The average Bonchev–Trinajstić information content (AvgIpc) is 3.52. The fourth-order valence-corrected chi connectivity index (χ4v) is 6.79. The molecule has 1 atom stereocenters. The Morgan fingerprint density at radius 3 is 2.44 bits per heavy atom. The second kappa shape index (κ2) is 7.65. The van der Waals surface area contributed by atoms with Crippen molar-refractivity contribution in [2.45, 2.75) is 6.04 Å². The van der Waals surface area contributed by atoms with Gasteiger partial charge in [-0.25, -0.2) is 0 Å². The molecule has 0 amide bonds. The third-order valence-corrected chi connectivity index (χ3v) is 8.27. The van der Waals surface area contributed by atoms with E-state index in [1.54, 1.807) is 0 Å². The van der Waals surface area contributed by atoms with Gasteiger partial charge in [-0.2, -0.15) is 4.58 Å². The Labute approximate surface area is 224 Å². The maximum atomic E-state index is 4.46. The van der Waals surface area contributed by atoms with Gasteiger partial charge in [0.2, 0.25) is 17.1 Å². The van der Waals surface area contributed by atoms with Crippen LogP contribution in [-0.2, 0) is 0 Å². The first-order valence-corrected chi connectivity index (χ1v) is 13.4. The molecular formula is C35H23N4+. The van der Waals surface area contributed by atoms with Crippen molar-refractivity contribution in [3.63, 3.8) is 0 Å². The van der Waals surface area contributed by atoms with Crippen LogP contribution < -0.4 is 4.58 Å². The van der Waals surface area contributed by atoms with Gasteiger partial charge in [0.05, 0.1) is 22.7 Å². The van der Waals surface area contributed by atoms with Crippen LogP contribution in [0, 0.1) is 0 Å². The Hall–Kier alpha value is -5.22. The summed E-state index contributed by atoms with van der Waals surface area (Å²) in [7, 11) is 0. The first-order valence-electron chi connectivity index (χ1n) is 13.4. The predicted molar refractivity (Wildman–Crippen MR) is 162 cm³/mol. The Balaban J connectivity index is 1.51. The van der Waals surface area contributed by atoms with Gasteiger partial charge in [0.1, 0.15) is 11.6 Å². The maximum absolute atomic E-state index is 4.46. The van der Waals surface area contributed by atoms with Gasteiger partial charge in [0, 0.05) is 51.6 Å². The summed E-state index contributed by atoms with van der Waals surface area (Å²) in [5.41, 5.74) is 9.64. The monoisotopic (exact) mass is 499 g/mol. The third-order valence-electron chi connectivity index (χ3n) is 8.27. The van der Waals surface area contributed by atoms with E-state index in [0.29, 0.717) is 0 Å². The van der Waals surface area contributed by atoms with Crippen molar-refractivity contribution in [3.8, 4) is 5.69 Å². The number of aromatic nitrogens is 3. The molecule has 1 aliphatic heterocycles. The SMILES string of the molecule is C1=CC2=[N+](c3cccnc3)c3cccc4c5c6c(ccc5n(c34)C2C=C1)c1ccccc1n6-c1ccccc1. The minimum absolute atomic E-state index is 0.0807. The lowest BCUT2D eigenvalue weighted by Crippen LogP contribution is -2.30. The fraction of sp³-hybridized carbons (Fsp3) is 0.0286. The number of para-hydroxylation sites is 3. The van der Waals surface area contributed by atoms with E-state index in [2.05, 4.69) is 134 Å². The molecule has 4 heterocycles. The predicted octanol–water partition coefficient (Wildman–Crippen LogP) is 8.24. The fourth-order valence-electron chi connectivity index (χ4n) is 6.79. The molecule has 0 bridgehead atoms. The molecule has 4 heteroatoms. The Morgan fingerprint density at radius 2 is 1.54 bits per heavy atom. The lowest BCUT2D eigenvalue weighted by Gasteiger charge is -2.24. The zero-order valence-corrected chi connectivity index (χ0v) is 21.1. The van der Waals surface area contributed by atoms with Gasteiger partial charge < -0.3 is 9.13 Å². The first kappa shape index (κ1) is 20.8. The van der Waals surface area contributed by atoms with Gasteiger partial charge in [-0.3, -0.25) is 4.98 Å². The number of fused-ring (bicyclic) bond motifs is 9. The van der Waals surface area contributed by atoms with Gasteiger partial charge in [-0.1, -0.05) is 72.8 Å². The molecule has 182 valence electrons. The topological polar surface area (TPSA) is 25.8 Å². The summed E-state index contributed by atoms with van der Waals surface area (Å²) >= 11 is 0. The van der Waals surface area contributed by atoms with Crippen LogP contribution in [0.2, 0.25) is 0 Å². The number of nitrogens with zero attached hydrogens (tertiary/aromatic N) is 4. The van der Waals surface area contributed by atoms with E-state index in [9.17, 15) is 0 Å². The van der Waals surface area contributed by atoms with Crippen molar-refractivity contribution in [3.05, 3.63) is 134 Å². The lowest BCUT2D eigenvalue weighted by molar-refractivity contribution is 0.780. The zero-order chi connectivity index (χ0) is 25.5. The van der Waals surface area contributed by atoms with Crippen LogP contribution in [0.1, 0.15) is 6.04 Å². The van der Waals surface area contributed by atoms with E-state index in [-0.39, 0.29) is 6.04 Å². The van der Waals surface area contributed by atoms with Crippen molar-refractivity contribution in [1.82, 2.24) is 18.7 Å². The van der Waals surface area contributed by atoms with Gasteiger partial charge in [0.15, 0.2) is 0 Å². The number of rotatable bonds is 2. The normalized spacial score (nSPS) is 16.2. The van der Waals surface area contributed by atoms with E-state index in [0.717, 1.165) is 5.69 Å². The molecule has 0 N–H and O–H groups in total. The van der Waals surface area contributed by atoms with Gasteiger partial charge in [0.25, 0.3) is 0 Å².